The predicted octanol–water partition coefficient (Wildman–Crippen LogP) is -5.95. The van der Waals surface area contributed by atoms with Gasteiger partial charge in [-0.05, 0) is 0 Å². The van der Waals surface area contributed by atoms with Crippen LogP contribution in [0.15, 0.2) is 0 Å². The summed E-state index contributed by atoms with van der Waals surface area (Å²) < 4.78 is 4.61. The highest BCUT2D eigenvalue weighted by molar-refractivity contribution is 14.1. The number of fused-ring (bicyclic) bond motifs is 4. The average molecular weight is 542 g/mol. The first-order valence-corrected chi connectivity index (χ1v) is 7.01. The van der Waals surface area contributed by atoms with Gasteiger partial charge in [-0.2, -0.15) is 3.17 Å². The van der Waals surface area contributed by atoms with Crippen LogP contribution in [-0.4, -0.2) is 48.9 Å². The number of nitrogens with zero attached hydrogens (tertiary/aromatic N) is 8. The summed E-state index contributed by atoms with van der Waals surface area (Å²) in [6.45, 7) is 0. The van der Waals surface area contributed by atoms with E-state index < -0.39 is 20.3 Å². The standard InChI is InChI=1S/CH15IN14O12/c1-17-13(5)20-9(3)21-14(6)22-10(4)23-15(7)26-12(25-13)19-11(18-2)24-16(8,27-14)28-15/h3-8H2,1H3/q+4. The molecule has 5 unspecified atom stereocenters. The van der Waals surface area contributed by atoms with Gasteiger partial charge < -0.3 is 0 Å². The van der Waals surface area contributed by atoms with Gasteiger partial charge in [0.25, 0.3) is 10.2 Å². The van der Waals surface area contributed by atoms with E-state index in [1.54, 1.807) is 0 Å². The Hall–Kier alpha value is -0.310. The van der Waals surface area contributed by atoms with Crippen LogP contribution in [0.25, 0.3) is 0 Å². The monoisotopic (exact) mass is 542 g/mol. The Morgan fingerprint density at radius 3 is 1.82 bits per heavy atom. The van der Waals surface area contributed by atoms with Gasteiger partial charge in [0.15, 0.2) is 15.3 Å². The Morgan fingerprint density at radius 1 is 0.750 bits per heavy atom. The molecule has 5 rings (SSSR count). The van der Waals surface area contributed by atoms with E-state index in [0.29, 0.717) is 0 Å². The van der Waals surface area contributed by atoms with Gasteiger partial charge in [-0.3, -0.25) is 0 Å². The number of rotatable bonds is 2. The van der Waals surface area contributed by atoms with Crippen LogP contribution in [0, 0.1) is 0 Å². The van der Waals surface area contributed by atoms with Crippen LogP contribution in [0.5, 0.6) is 0 Å². The van der Waals surface area contributed by atoms with E-state index in [4.69, 9.17) is 84.4 Å². The van der Waals surface area contributed by atoms with E-state index in [2.05, 4.69) is 8.00 Å². The van der Waals surface area contributed by atoms with E-state index in [1.165, 1.54) is 23.0 Å². The zero-order valence-electron chi connectivity index (χ0n) is 13.3. The number of halogens is 1. The zero-order chi connectivity index (χ0) is 20.8. The highest BCUT2D eigenvalue weighted by atomic mass is 127. The van der Waals surface area contributed by atoms with Crippen molar-refractivity contribution in [3.8, 4) is 0 Å². The lowest BCUT2D eigenvalue weighted by Gasteiger charge is -2.36. The van der Waals surface area contributed by atoms with Crippen molar-refractivity contribution in [1.29, 1.82) is 0 Å². The van der Waals surface area contributed by atoms with E-state index in [-0.39, 0.29) is 21.5 Å². The molecule has 0 aliphatic carbocycles. The third kappa shape index (κ3) is 5.05. The van der Waals surface area contributed by atoms with Crippen molar-refractivity contribution in [3.63, 3.8) is 0 Å². The van der Waals surface area contributed by atoms with Crippen LogP contribution < -0.4 is 35.1 Å². The fraction of sp³-hybridized carbons (Fsp3) is 1.00. The molecule has 0 amide bonds. The summed E-state index contributed by atoms with van der Waals surface area (Å²) in [6, 6.07) is 0. The quantitative estimate of drug-likeness (QED) is 0.108. The summed E-state index contributed by atoms with van der Waals surface area (Å²) in [6.07, 6.45) is 0. The van der Waals surface area contributed by atoms with Crippen LogP contribution in [0.1, 0.15) is 0 Å². The van der Waals surface area contributed by atoms with Gasteiger partial charge in [0.1, 0.15) is 40.8 Å². The molecule has 0 saturated carbocycles. The lowest BCUT2D eigenvalue weighted by Crippen LogP contribution is -2.80. The average Bonchev–Trinajstić information content (AvgIpc) is 2.48. The van der Waals surface area contributed by atoms with Crippen molar-refractivity contribution in [2.75, 3.05) is 7.11 Å². The second-order valence-corrected chi connectivity index (χ2v) is 4.64. The topological polar surface area (TPSA) is 280 Å². The third-order valence-corrected chi connectivity index (χ3v) is 2.54. The SMILES string of the molecule is CO[N+]1(N)ON(N)O[N+]2(N)ON(N)O[N+]3(N)ON(ON(OI)O[N+](N)(O2)O3)O1. The van der Waals surface area contributed by atoms with Crippen molar-refractivity contribution < 1.29 is 77.7 Å². The van der Waals surface area contributed by atoms with Gasteiger partial charge in [0, 0.05) is 19.8 Å². The van der Waals surface area contributed by atoms with Crippen LogP contribution in [0.3, 0.4) is 0 Å². The largest absolute Gasteiger partial charge is 0.321 e. The first kappa shape index (κ1) is 22.4. The molecule has 5 fully saturated rings. The lowest BCUT2D eigenvalue weighted by atomic mass is 11.7. The number of hydrogen-bond donors (Lipinski definition) is 6. The summed E-state index contributed by atoms with van der Waals surface area (Å²) >= 11 is 1.25. The zero-order valence-corrected chi connectivity index (χ0v) is 15.5. The molecule has 27 heteroatoms. The fourth-order valence-electron chi connectivity index (χ4n) is 1.43. The summed E-state index contributed by atoms with van der Waals surface area (Å²) in [5.74, 6) is 33.2. The molecule has 4 bridgehead atoms. The molecule has 0 aromatic heterocycles. The highest BCUT2D eigenvalue weighted by Gasteiger charge is 2.69. The first-order valence-electron chi connectivity index (χ1n) is 6.13. The van der Waals surface area contributed by atoms with Crippen molar-refractivity contribution in [2.45, 2.75) is 0 Å². The Morgan fingerprint density at radius 2 is 1.29 bits per heavy atom. The molecular formula is CH15IN14O12+4. The minimum Gasteiger partial charge on any atom is -0.209 e. The predicted molar refractivity (Wildman–Crippen MR) is 66.5 cm³/mol. The van der Waals surface area contributed by atoms with E-state index in [0.717, 1.165) is 7.11 Å². The minimum atomic E-state index is -2.17. The maximum atomic E-state index is 5.65. The number of hydrazine groups is 2. The highest BCUT2D eigenvalue weighted by Crippen LogP contribution is 2.29. The van der Waals surface area contributed by atoms with Gasteiger partial charge in [-0.1, -0.05) is 28.3 Å². The Labute approximate surface area is 165 Å². The van der Waals surface area contributed by atoms with Crippen LogP contribution in [-0.2, 0) is 57.4 Å². The maximum absolute atomic E-state index is 5.65. The second-order valence-electron chi connectivity index (χ2n) is 4.25. The van der Waals surface area contributed by atoms with Gasteiger partial charge in [-0.25, -0.2) is 11.7 Å². The third-order valence-electron chi connectivity index (χ3n) is 2.22. The second kappa shape index (κ2) is 7.75. The van der Waals surface area contributed by atoms with Gasteiger partial charge >= 0.3 is 5.08 Å². The molecule has 5 atom stereocenters. The Balaban J connectivity index is 2.08. The normalized spacial score (nSPS) is 47.4. The van der Waals surface area contributed by atoms with E-state index in [9.17, 15) is 0 Å². The number of quaternary nitrogens is 4. The summed E-state index contributed by atoms with van der Waals surface area (Å²) in [5.41, 5.74) is 0. The van der Waals surface area contributed by atoms with Crippen LogP contribution in [0.4, 0.5) is 0 Å². The minimum absolute atomic E-state index is 0.0397. The van der Waals surface area contributed by atoms with Crippen LogP contribution >= 0.6 is 23.0 Å². The molecule has 5 aliphatic rings. The van der Waals surface area contributed by atoms with Crippen LogP contribution in [0.2, 0.25) is 0 Å². The van der Waals surface area contributed by atoms with Gasteiger partial charge in [0.2, 0.25) is 10.5 Å². The van der Waals surface area contributed by atoms with E-state index >= 15 is 0 Å². The first-order chi connectivity index (χ1) is 12.9. The molecule has 0 spiro atoms. The molecule has 0 aromatic rings. The molecule has 0 radical (unpaired) electrons. The molecule has 12 N–H and O–H groups in total. The molecule has 5 saturated heterocycles. The van der Waals surface area contributed by atoms with Crippen molar-refractivity contribution in [3.05, 3.63) is 0 Å². The van der Waals surface area contributed by atoms with Gasteiger partial charge in [-0.15, -0.1) is 4.84 Å². The molecule has 28 heavy (non-hydrogen) atoms. The molecule has 5 heterocycles. The Kier molecular flexibility index (Phi) is 6.19. The summed E-state index contributed by atoms with van der Waals surface area (Å²) in [4.78, 5) is 52.7. The molecular weight excluding hydrogens is 527 g/mol. The summed E-state index contributed by atoms with van der Waals surface area (Å²) in [7, 11) is 0.969. The molecule has 5 aliphatic heterocycles. The van der Waals surface area contributed by atoms with E-state index in [1.807, 2.05) is 0 Å². The molecule has 0 aromatic carbocycles. The van der Waals surface area contributed by atoms with Crippen molar-refractivity contribution in [2.24, 2.45) is 35.1 Å². The van der Waals surface area contributed by atoms with Crippen molar-refractivity contribution in [1.82, 2.24) is 21.5 Å². The Bertz CT molecular complexity index is 572. The van der Waals surface area contributed by atoms with Crippen molar-refractivity contribution >= 4 is 23.0 Å². The smallest absolute Gasteiger partial charge is 0.209 e. The molecule has 26 nitrogen and oxygen atoms in total. The lowest BCUT2D eigenvalue weighted by molar-refractivity contribution is -1.70. The maximum Gasteiger partial charge on any atom is 0.321 e. The summed E-state index contributed by atoms with van der Waals surface area (Å²) in [5, 5.41) is -8.66. The van der Waals surface area contributed by atoms with Gasteiger partial charge in [0.05, 0.1) is 14.8 Å². The fourth-order valence-corrected chi connectivity index (χ4v) is 1.57. The number of hydrogen-bond acceptors (Lipinski definition) is 22. The molecule has 164 valence electrons. The number of nitrogens with two attached hydrogens (primary N) is 6.